The number of Topliss-reactive ketones (excluding diaryl/α,β-unsaturated/α-hetero) is 1. The van der Waals surface area contributed by atoms with Crippen molar-refractivity contribution in [1.82, 2.24) is 0 Å². The number of rotatable bonds is 3. The quantitative estimate of drug-likeness (QED) is 0.672. The third-order valence-corrected chi connectivity index (χ3v) is 2.39. The third kappa shape index (κ3) is 2.62. The van der Waals surface area contributed by atoms with Crippen molar-refractivity contribution >= 4 is 5.78 Å². The van der Waals surface area contributed by atoms with Crippen molar-refractivity contribution < 1.29 is 9.90 Å². The SMILES string of the molecule is O=C1CCCC[C@H]1CCCO. The van der Waals surface area contributed by atoms with Gasteiger partial charge in [0.25, 0.3) is 0 Å². The number of ketones is 1. The van der Waals surface area contributed by atoms with E-state index in [4.69, 9.17) is 5.11 Å². The predicted molar refractivity (Wildman–Crippen MR) is 43.3 cm³/mol. The smallest absolute Gasteiger partial charge is 0.135 e. The average Bonchev–Trinajstić information content (AvgIpc) is 2.03. The highest BCUT2D eigenvalue weighted by Crippen LogP contribution is 2.23. The zero-order valence-corrected chi connectivity index (χ0v) is 6.88. The largest absolute Gasteiger partial charge is 0.396 e. The van der Waals surface area contributed by atoms with Crippen LogP contribution in [0.25, 0.3) is 0 Å². The Balaban J connectivity index is 2.24. The maximum Gasteiger partial charge on any atom is 0.135 e. The summed E-state index contributed by atoms with van der Waals surface area (Å²) < 4.78 is 0. The fourth-order valence-corrected chi connectivity index (χ4v) is 1.70. The van der Waals surface area contributed by atoms with Crippen LogP contribution in [-0.4, -0.2) is 17.5 Å². The molecule has 0 unspecified atom stereocenters. The van der Waals surface area contributed by atoms with E-state index in [0.717, 1.165) is 32.1 Å². The summed E-state index contributed by atoms with van der Waals surface area (Å²) in [6, 6.07) is 0. The summed E-state index contributed by atoms with van der Waals surface area (Å²) in [6.07, 6.45) is 5.79. The van der Waals surface area contributed by atoms with Crippen molar-refractivity contribution in [1.29, 1.82) is 0 Å². The molecular formula is C9H16O2. The molecule has 1 atom stereocenters. The van der Waals surface area contributed by atoms with Gasteiger partial charge in [0.1, 0.15) is 5.78 Å². The van der Waals surface area contributed by atoms with Gasteiger partial charge >= 0.3 is 0 Å². The molecule has 2 nitrogen and oxygen atoms in total. The Morgan fingerprint density at radius 3 is 2.91 bits per heavy atom. The zero-order valence-electron chi connectivity index (χ0n) is 6.88. The van der Waals surface area contributed by atoms with Gasteiger partial charge in [0, 0.05) is 18.9 Å². The van der Waals surface area contributed by atoms with E-state index < -0.39 is 0 Å². The van der Waals surface area contributed by atoms with Gasteiger partial charge in [-0.3, -0.25) is 4.79 Å². The Morgan fingerprint density at radius 1 is 1.45 bits per heavy atom. The third-order valence-electron chi connectivity index (χ3n) is 2.39. The van der Waals surface area contributed by atoms with Crippen LogP contribution in [0.15, 0.2) is 0 Å². The van der Waals surface area contributed by atoms with Gasteiger partial charge in [-0.25, -0.2) is 0 Å². The number of aliphatic hydroxyl groups is 1. The van der Waals surface area contributed by atoms with Crippen LogP contribution in [0.1, 0.15) is 38.5 Å². The van der Waals surface area contributed by atoms with Gasteiger partial charge in [-0.15, -0.1) is 0 Å². The van der Waals surface area contributed by atoms with Gasteiger partial charge in [-0.2, -0.15) is 0 Å². The molecule has 1 rings (SSSR count). The molecule has 0 saturated heterocycles. The lowest BCUT2D eigenvalue weighted by molar-refractivity contribution is -0.124. The summed E-state index contributed by atoms with van der Waals surface area (Å²) in [5, 5.41) is 8.57. The Bertz CT molecular complexity index is 132. The molecule has 0 spiro atoms. The summed E-state index contributed by atoms with van der Waals surface area (Å²) in [5.74, 6) is 0.695. The van der Waals surface area contributed by atoms with Crippen LogP contribution in [-0.2, 0) is 4.79 Å². The fraction of sp³-hybridized carbons (Fsp3) is 0.889. The van der Waals surface area contributed by atoms with Gasteiger partial charge in [-0.05, 0) is 25.7 Å². The number of carbonyl (C=O) groups is 1. The lowest BCUT2D eigenvalue weighted by Crippen LogP contribution is -2.19. The van der Waals surface area contributed by atoms with E-state index in [0.29, 0.717) is 5.78 Å². The number of hydrogen-bond donors (Lipinski definition) is 1. The molecule has 0 amide bonds. The number of aliphatic hydroxyl groups excluding tert-OH is 1. The van der Waals surface area contributed by atoms with E-state index in [2.05, 4.69) is 0 Å². The molecule has 1 fully saturated rings. The van der Waals surface area contributed by atoms with Crippen molar-refractivity contribution in [2.75, 3.05) is 6.61 Å². The molecule has 1 saturated carbocycles. The predicted octanol–water partition coefficient (Wildman–Crippen LogP) is 1.52. The molecule has 0 heterocycles. The van der Waals surface area contributed by atoms with Gasteiger partial charge in [0.15, 0.2) is 0 Å². The van der Waals surface area contributed by atoms with E-state index >= 15 is 0 Å². The van der Waals surface area contributed by atoms with Crippen LogP contribution in [0.3, 0.4) is 0 Å². The van der Waals surface area contributed by atoms with Crippen LogP contribution in [0.4, 0.5) is 0 Å². The molecule has 0 aromatic carbocycles. The summed E-state index contributed by atoms with van der Waals surface area (Å²) in [7, 11) is 0. The first-order chi connectivity index (χ1) is 5.34. The van der Waals surface area contributed by atoms with E-state index in [1.165, 1.54) is 6.42 Å². The first-order valence-corrected chi connectivity index (χ1v) is 4.48. The van der Waals surface area contributed by atoms with E-state index in [1.807, 2.05) is 0 Å². The summed E-state index contributed by atoms with van der Waals surface area (Å²) in [6.45, 7) is 0.226. The highest BCUT2D eigenvalue weighted by molar-refractivity contribution is 5.81. The van der Waals surface area contributed by atoms with Gasteiger partial charge in [-0.1, -0.05) is 6.42 Å². The zero-order chi connectivity index (χ0) is 8.10. The molecule has 1 N–H and O–H groups in total. The molecular weight excluding hydrogens is 140 g/mol. The highest BCUT2D eigenvalue weighted by Gasteiger charge is 2.20. The maximum atomic E-state index is 11.2. The Morgan fingerprint density at radius 2 is 2.27 bits per heavy atom. The highest BCUT2D eigenvalue weighted by atomic mass is 16.2. The van der Waals surface area contributed by atoms with Crippen molar-refractivity contribution in [2.24, 2.45) is 5.92 Å². The molecule has 0 aromatic heterocycles. The van der Waals surface area contributed by atoms with Crippen molar-refractivity contribution in [2.45, 2.75) is 38.5 Å². The van der Waals surface area contributed by atoms with Crippen LogP contribution in [0.2, 0.25) is 0 Å². The van der Waals surface area contributed by atoms with Crippen LogP contribution < -0.4 is 0 Å². The molecule has 0 aromatic rings. The van der Waals surface area contributed by atoms with Gasteiger partial charge in [0.05, 0.1) is 0 Å². The molecule has 0 bridgehead atoms. The van der Waals surface area contributed by atoms with Crippen LogP contribution >= 0.6 is 0 Å². The van der Waals surface area contributed by atoms with Crippen LogP contribution in [0, 0.1) is 5.92 Å². The van der Waals surface area contributed by atoms with Crippen LogP contribution in [0.5, 0.6) is 0 Å². The molecule has 1 aliphatic rings. The summed E-state index contributed by atoms with van der Waals surface area (Å²) >= 11 is 0. The second kappa shape index (κ2) is 4.50. The van der Waals surface area contributed by atoms with Gasteiger partial charge < -0.3 is 5.11 Å². The molecule has 1 aliphatic carbocycles. The van der Waals surface area contributed by atoms with E-state index in [-0.39, 0.29) is 12.5 Å². The standard InChI is InChI=1S/C9H16O2/c10-7-3-5-8-4-1-2-6-9(8)11/h8,10H,1-7H2/t8-/m0/s1. The average molecular weight is 156 g/mol. The minimum atomic E-state index is 0.226. The first kappa shape index (κ1) is 8.72. The topological polar surface area (TPSA) is 37.3 Å². The normalized spacial score (nSPS) is 25.5. The summed E-state index contributed by atoms with van der Waals surface area (Å²) in [5.41, 5.74) is 0. The number of hydrogen-bond acceptors (Lipinski definition) is 2. The Kier molecular flexibility index (Phi) is 3.57. The lowest BCUT2D eigenvalue weighted by Gasteiger charge is -2.19. The van der Waals surface area contributed by atoms with Crippen molar-refractivity contribution in [3.8, 4) is 0 Å². The summed E-state index contributed by atoms with van der Waals surface area (Å²) in [4.78, 5) is 11.2. The van der Waals surface area contributed by atoms with Crippen molar-refractivity contribution in [3.63, 3.8) is 0 Å². The maximum absolute atomic E-state index is 11.2. The monoisotopic (exact) mass is 156 g/mol. The second-order valence-corrected chi connectivity index (χ2v) is 3.27. The van der Waals surface area contributed by atoms with E-state index in [9.17, 15) is 4.79 Å². The minimum absolute atomic E-state index is 0.226. The fourth-order valence-electron chi connectivity index (χ4n) is 1.70. The van der Waals surface area contributed by atoms with E-state index in [1.54, 1.807) is 0 Å². The van der Waals surface area contributed by atoms with Gasteiger partial charge in [0.2, 0.25) is 0 Å². The molecule has 0 aliphatic heterocycles. The molecule has 0 radical (unpaired) electrons. The molecule has 64 valence electrons. The Hall–Kier alpha value is -0.370. The molecule has 11 heavy (non-hydrogen) atoms. The Labute approximate surface area is 67.6 Å². The second-order valence-electron chi connectivity index (χ2n) is 3.27. The number of carbonyl (C=O) groups excluding carboxylic acids is 1. The van der Waals surface area contributed by atoms with Crippen molar-refractivity contribution in [3.05, 3.63) is 0 Å². The lowest BCUT2D eigenvalue weighted by atomic mass is 9.85. The molecule has 2 heteroatoms. The minimum Gasteiger partial charge on any atom is -0.396 e. The first-order valence-electron chi connectivity index (χ1n) is 4.48.